The molecule has 6 rings (SSSR count). The molecule has 4 aromatic rings. The molecule has 244 valence electrons. The average molecular weight is 662 g/mol. The third-order valence-corrected chi connectivity index (χ3v) is 10.2. The lowest BCUT2D eigenvalue weighted by molar-refractivity contribution is -0.231. The Morgan fingerprint density at radius 1 is 0.851 bits per heavy atom. The molecule has 2 saturated heterocycles. The Kier molecular flexibility index (Phi) is 9.33. The first-order valence-electron chi connectivity index (χ1n) is 14.9. The van der Waals surface area contributed by atoms with Crippen LogP contribution in [0.2, 0.25) is 0 Å². The van der Waals surface area contributed by atoms with Crippen LogP contribution in [0.5, 0.6) is 5.75 Å². The smallest absolute Gasteiger partial charge is 0.245 e. The summed E-state index contributed by atoms with van der Waals surface area (Å²) in [5, 5.41) is 50.4. The number of ether oxygens (including phenoxy) is 1. The summed E-state index contributed by atoms with van der Waals surface area (Å²) in [5.74, 6) is -2.09. The van der Waals surface area contributed by atoms with Crippen LogP contribution in [0.4, 0.5) is 10.1 Å². The van der Waals surface area contributed by atoms with Crippen molar-refractivity contribution in [1.82, 2.24) is 0 Å². The van der Waals surface area contributed by atoms with Gasteiger partial charge in [-0.1, -0.05) is 54.6 Å². The van der Waals surface area contributed by atoms with Gasteiger partial charge >= 0.3 is 0 Å². The van der Waals surface area contributed by atoms with Crippen molar-refractivity contribution in [3.63, 3.8) is 0 Å². The zero-order valence-electron chi connectivity index (χ0n) is 24.8. The fourth-order valence-corrected chi connectivity index (χ4v) is 7.55. The predicted molar refractivity (Wildman–Crippen MR) is 170 cm³/mol. The number of anilines is 1. The summed E-state index contributed by atoms with van der Waals surface area (Å²) in [7, 11) is -1.96. The summed E-state index contributed by atoms with van der Waals surface area (Å²) in [6.07, 6.45) is -6.45. The molecule has 12 heteroatoms. The van der Waals surface area contributed by atoms with Gasteiger partial charge < -0.3 is 35.2 Å². The number of para-hydroxylation sites is 1. The second kappa shape index (κ2) is 13.4. The summed E-state index contributed by atoms with van der Waals surface area (Å²) in [6, 6.07) is 24.4. The number of rotatable bonds is 9. The Bertz CT molecular complexity index is 1790. The Hall–Kier alpha value is -4.30. The SMILES string of the molecule is O=C(CS(=O)C1C(=O)N(c2ccccc2)C1c1ccc(-c2ccc(C3OC(CO)C(O)C(O)C3O)cc2)cc1O)c1ccc(F)cc1. The monoisotopic (exact) mass is 661 g/mol. The summed E-state index contributed by atoms with van der Waals surface area (Å²) < 4.78 is 32.5. The summed E-state index contributed by atoms with van der Waals surface area (Å²) in [5.41, 5.74) is 2.82. The molecule has 5 N–H and O–H groups in total. The average Bonchev–Trinajstić information content (AvgIpc) is 3.07. The Labute approximate surface area is 271 Å². The maximum Gasteiger partial charge on any atom is 0.245 e. The van der Waals surface area contributed by atoms with Gasteiger partial charge in [0.1, 0.15) is 47.3 Å². The molecule has 2 heterocycles. The van der Waals surface area contributed by atoms with Gasteiger partial charge in [-0.3, -0.25) is 13.8 Å². The number of amides is 1. The van der Waals surface area contributed by atoms with Gasteiger partial charge in [0.2, 0.25) is 5.91 Å². The molecule has 0 bridgehead atoms. The largest absolute Gasteiger partial charge is 0.508 e. The molecule has 8 atom stereocenters. The van der Waals surface area contributed by atoms with Crippen molar-refractivity contribution >= 4 is 28.2 Å². The van der Waals surface area contributed by atoms with Crippen LogP contribution in [-0.4, -0.2) is 83.5 Å². The first-order chi connectivity index (χ1) is 22.6. The van der Waals surface area contributed by atoms with Gasteiger partial charge in [0.05, 0.1) is 18.4 Å². The maximum absolute atomic E-state index is 13.5. The molecule has 1 amide bonds. The van der Waals surface area contributed by atoms with Crippen LogP contribution in [0.1, 0.15) is 33.6 Å². The third kappa shape index (κ3) is 6.23. The highest BCUT2D eigenvalue weighted by Crippen LogP contribution is 2.45. The number of nitrogens with zero attached hydrogens (tertiary/aromatic N) is 1. The maximum atomic E-state index is 13.5. The van der Waals surface area contributed by atoms with Crippen LogP contribution in [0.3, 0.4) is 0 Å². The molecule has 0 aromatic heterocycles. The lowest BCUT2D eigenvalue weighted by Gasteiger charge is -2.46. The fourth-order valence-electron chi connectivity index (χ4n) is 6.05. The van der Waals surface area contributed by atoms with E-state index in [9.17, 15) is 43.7 Å². The number of ketones is 1. The molecular weight excluding hydrogens is 629 g/mol. The molecule has 2 fully saturated rings. The van der Waals surface area contributed by atoms with Crippen molar-refractivity contribution in [1.29, 1.82) is 0 Å². The lowest BCUT2D eigenvalue weighted by atomic mass is 9.89. The highest BCUT2D eigenvalue weighted by molar-refractivity contribution is 7.87. The molecule has 0 aliphatic carbocycles. The molecule has 0 saturated carbocycles. The molecule has 2 aliphatic rings. The number of aliphatic hydroxyl groups is 4. The van der Waals surface area contributed by atoms with E-state index in [0.717, 1.165) is 12.1 Å². The predicted octanol–water partition coefficient (Wildman–Crippen LogP) is 2.80. The summed E-state index contributed by atoms with van der Waals surface area (Å²) in [6.45, 7) is -0.543. The van der Waals surface area contributed by atoms with E-state index in [4.69, 9.17) is 4.74 Å². The number of phenolic OH excluding ortho intramolecular Hbond substituents is 1. The topological polar surface area (TPSA) is 165 Å². The van der Waals surface area contributed by atoms with Crippen LogP contribution in [0, 0.1) is 5.82 Å². The highest BCUT2D eigenvalue weighted by Gasteiger charge is 2.53. The van der Waals surface area contributed by atoms with Crippen LogP contribution in [0.25, 0.3) is 11.1 Å². The highest BCUT2D eigenvalue weighted by atomic mass is 32.2. The minimum absolute atomic E-state index is 0.161. The Balaban J connectivity index is 1.26. The van der Waals surface area contributed by atoms with Crippen LogP contribution < -0.4 is 4.90 Å². The third-order valence-electron chi connectivity index (χ3n) is 8.62. The number of hydrogen-bond donors (Lipinski definition) is 5. The number of carbonyl (C=O) groups is 2. The summed E-state index contributed by atoms with van der Waals surface area (Å²) >= 11 is 0. The normalized spacial score (nSPS) is 26.4. The van der Waals surface area contributed by atoms with Gasteiger partial charge in [-0.15, -0.1) is 0 Å². The minimum Gasteiger partial charge on any atom is -0.508 e. The number of halogens is 1. The number of β-lactam (4-membered cyclic amide) rings is 1. The van der Waals surface area contributed by atoms with Crippen LogP contribution in [-0.2, 0) is 20.3 Å². The van der Waals surface area contributed by atoms with Gasteiger partial charge in [0, 0.05) is 27.6 Å². The van der Waals surface area contributed by atoms with Crippen molar-refractivity contribution in [3.8, 4) is 16.9 Å². The lowest BCUT2D eigenvalue weighted by Crippen LogP contribution is -2.61. The molecule has 4 aromatic carbocycles. The number of carbonyl (C=O) groups excluding carboxylic acids is 2. The minimum atomic E-state index is -1.96. The Morgan fingerprint density at radius 3 is 2.15 bits per heavy atom. The van der Waals surface area contributed by atoms with E-state index in [-0.39, 0.29) is 11.3 Å². The quantitative estimate of drug-likeness (QED) is 0.134. The van der Waals surface area contributed by atoms with Crippen LogP contribution in [0.15, 0.2) is 97.1 Å². The fraction of sp³-hybridized carbons (Fsp3) is 0.257. The van der Waals surface area contributed by atoms with Gasteiger partial charge in [-0.05, 0) is 59.2 Å². The van der Waals surface area contributed by atoms with E-state index in [1.165, 1.54) is 23.1 Å². The number of benzene rings is 4. The van der Waals surface area contributed by atoms with E-state index in [1.807, 2.05) is 0 Å². The van der Waals surface area contributed by atoms with Crippen molar-refractivity contribution < 1.29 is 48.5 Å². The molecule has 10 nitrogen and oxygen atoms in total. The molecular formula is C35H32FNO9S. The van der Waals surface area contributed by atoms with Gasteiger partial charge in [0.15, 0.2) is 5.78 Å². The Morgan fingerprint density at radius 2 is 1.51 bits per heavy atom. The zero-order valence-corrected chi connectivity index (χ0v) is 25.6. The van der Waals surface area contributed by atoms with Crippen molar-refractivity contribution in [3.05, 3.63) is 120 Å². The number of Topliss-reactive ketones (excluding diaryl/α,β-unsaturated/α-hetero) is 1. The number of aliphatic hydroxyl groups excluding tert-OH is 4. The second-order valence-corrected chi connectivity index (χ2v) is 13.1. The molecule has 47 heavy (non-hydrogen) atoms. The summed E-state index contributed by atoms with van der Waals surface area (Å²) in [4.78, 5) is 27.7. The number of phenols is 1. The number of aromatic hydroxyl groups is 1. The van der Waals surface area contributed by atoms with Crippen molar-refractivity contribution in [2.75, 3.05) is 17.3 Å². The van der Waals surface area contributed by atoms with Gasteiger partial charge in [-0.2, -0.15) is 0 Å². The van der Waals surface area contributed by atoms with Crippen LogP contribution >= 0.6 is 0 Å². The van der Waals surface area contributed by atoms with E-state index in [2.05, 4.69) is 0 Å². The van der Waals surface area contributed by atoms with E-state index in [1.54, 1.807) is 66.7 Å². The van der Waals surface area contributed by atoms with E-state index >= 15 is 0 Å². The molecule has 0 spiro atoms. The first-order valence-corrected chi connectivity index (χ1v) is 16.2. The molecule has 8 unspecified atom stereocenters. The van der Waals surface area contributed by atoms with E-state index in [0.29, 0.717) is 27.9 Å². The van der Waals surface area contributed by atoms with Gasteiger partial charge in [0.25, 0.3) is 0 Å². The molecule has 0 radical (unpaired) electrons. The molecule has 2 aliphatic heterocycles. The zero-order chi connectivity index (χ0) is 33.4. The number of hydrogen-bond acceptors (Lipinski definition) is 9. The van der Waals surface area contributed by atoms with Gasteiger partial charge in [-0.25, -0.2) is 4.39 Å². The van der Waals surface area contributed by atoms with E-state index < -0.39 is 82.5 Å². The second-order valence-electron chi connectivity index (χ2n) is 11.5. The standard InChI is InChI=1S/C35H32FNO9S/c36-23-13-10-20(11-14-23)27(40)18-47(45)34-29(37(35(34)44)24-4-2-1-3-5-24)25-15-12-22(16-26(25)39)19-6-8-21(9-7-19)33-32(43)31(42)30(41)28(17-38)46-33/h1-16,28-34,38-39,41-43H,17-18H2. The van der Waals surface area contributed by atoms with Crippen molar-refractivity contribution in [2.45, 2.75) is 41.8 Å². The van der Waals surface area contributed by atoms with Crippen molar-refractivity contribution in [2.24, 2.45) is 0 Å². The first kappa shape index (κ1) is 32.6.